The summed E-state index contributed by atoms with van der Waals surface area (Å²) in [5, 5.41) is 6.48. The van der Waals surface area contributed by atoms with Gasteiger partial charge in [-0.1, -0.05) is 146 Å². The van der Waals surface area contributed by atoms with E-state index in [1.165, 1.54) is 60.0 Å². The second-order valence-corrected chi connectivity index (χ2v) is 19.8. The molecular weight excluding hydrogens is 827 g/mol. The van der Waals surface area contributed by atoms with Crippen molar-refractivity contribution in [3.8, 4) is 33.6 Å². The molecule has 0 aliphatic carbocycles. The van der Waals surface area contributed by atoms with Gasteiger partial charge in [0.1, 0.15) is 0 Å². The number of hydrogen-bond donors (Lipinski definition) is 0. The molecule has 4 aromatic heterocycles. The van der Waals surface area contributed by atoms with Crippen LogP contribution in [0.3, 0.4) is 0 Å². The van der Waals surface area contributed by atoms with Crippen molar-refractivity contribution in [2.75, 3.05) is 0 Å². The SMILES string of the molecule is CC(C)Cc1cc(-c2[c-]c3c4cccc5c6ccccc6n(c3c(-c3ccccc3)c2)c45)ncc1[Si](C)(C)C.[Ir].[c-]1ccccc1-c1ccccn1. The van der Waals surface area contributed by atoms with Gasteiger partial charge in [0.15, 0.2) is 0 Å². The molecule has 4 heterocycles. The van der Waals surface area contributed by atoms with Crippen molar-refractivity contribution in [1.29, 1.82) is 0 Å². The number of para-hydroxylation sites is 2. The number of rotatable bonds is 6. The molecule has 3 nitrogen and oxygen atoms in total. The van der Waals surface area contributed by atoms with Crippen LogP contribution in [0.25, 0.3) is 71.7 Å². The Hall–Kier alpha value is -4.93. The summed E-state index contributed by atoms with van der Waals surface area (Å²) < 4.78 is 2.46. The van der Waals surface area contributed by atoms with Crippen LogP contribution in [0.4, 0.5) is 0 Å². The van der Waals surface area contributed by atoms with E-state index in [4.69, 9.17) is 4.98 Å². The maximum atomic E-state index is 5.08. The zero-order valence-corrected chi connectivity index (χ0v) is 33.6. The van der Waals surface area contributed by atoms with Crippen LogP contribution in [0.2, 0.25) is 19.6 Å². The topological polar surface area (TPSA) is 30.2 Å². The Kier molecular flexibility index (Phi) is 9.95. The van der Waals surface area contributed by atoms with Gasteiger partial charge in [0.2, 0.25) is 0 Å². The normalized spacial score (nSPS) is 11.7. The molecule has 5 aromatic carbocycles. The van der Waals surface area contributed by atoms with Gasteiger partial charge in [0.25, 0.3) is 0 Å². The van der Waals surface area contributed by atoms with Crippen LogP contribution >= 0.6 is 0 Å². The van der Waals surface area contributed by atoms with Crippen LogP contribution in [0.15, 0.2) is 140 Å². The number of nitrogens with zero attached hydrogens (tertiary/aromatic N) is 3. The van der Waals surface area contributed by atoms with Gasteiger partial charge in [-0.25, -0.2) is 0 Å². The summed E-state index contributed by atoms with van der Waals surface area (Å²) in [6.45, 7) is 11.9. The Morgan fingerprint density at radius 1 is 0.673 bits per heavy atom. The first-order valence-corrected chi connectivity index (χ1v) is 21.3. The standard InChI is InChI=1S/C36H33N2Si.C11H8N.Ir/c1-23(2)18-26-21-32(37-22-34(26)39(3,4)5)25-19-30(24-12-7-6-8-13-24)36-31(20-25)29-16-11-15-28-27-14-9-10-17-33(27)38(36)35(28)29;1-2-6-10(7-3-1)11-8-4-5-9-12-11;/h6-17,19,21-23H,18H2,1-5H3;1-6,8-9H;/q2*-1;. The fourth-order valence-electron chi connectivity index (χ4n) is 7.44. The van der Waals surface area contributed by atoms with Crippen molar-refractivity contribution in [2.24, 2.45) is 5.92 Å². The first-order chi connectivity index (χ1) is 24.8. The van der Waals surface area contributed by atoms with Gasteiger partial charge >= 0.3 is 0 Å². The molecule has 0 amide bonds. The molecule has 0 saturated heterocycles. The van der Waals surface area contributed by atoms with Crippen molar-refractivity contribution in [1.82, 2.24) is 14.4 Å². The van der Waals surface area contributed by atoms with Crippen molar-refractivity contribution in [2.45, 2.75) is 39.9 Å². The van der Waals surface area contributed by atoms with Gasteiger partial charge < -0.3 is 9.38 Å². The molecule has 0 fully saturated rings. The molecule has 1 radical (unpaired) electrons. The third-order valence-corrected chi connectivity index (χ3v) is 11.7. The molecule has 0 aliphatic rings. The van der Waals surface area contributed by atoms with Crippen molar-refractivity contribution in [3.63, 3.8) is 0 Å². The molecule has 259 valence electrons. The van der Waals surface area contributed by atoms with Gasteiger partial charge in [0.05, 0.1) is 8.07 Å². The smallest absolute Gasteiger partial charge is 0.0799 e. The van der Waals surface area contributed by atoms with Gasteiger partial charge in [-0.2, -0.15) is 0 Å². The van der Waals surface area contributed by atoms with E-state index in [1.807, 2.05) is 42.5 Å². The van der Waals surface area contributed by atoms with Crippen molar-refractivity contribution >= 4 is 51.4 Å². The summed E-state index contributed by atoms with van der Waals surface area (Å²) in [5.74, 6) is 0.594. The summed E-state index contributed by atoms with van der Waals surface area (Å²) in [4.78, 5) is 9.29. The van der Waals surface area contributed by atoms with E-state index in [0.29, 0.717) is 5.92 Å². The maximum Gasteiger partial charge on any atom is 0.0799 e. The Balaban J connectivity index is 0.000000275. The quantitative estimate of drug-likeness (QED) is 0.123. The summed E-state index contributed by atoms with van der Waals surface area (Å²) in [6, 6.07) is 51.6. The van der Waals surface area contributed by atoms with E-state index in [9.17, 15) is 0 Å². The predicted molar refractivity (Wildman–Crippen MR) is 219 cm³/mol. The van der Waals surface area contributed by atoms with E-state index in [-0.39, 0.29) is 20.1 Å². The van der Waals surface area contributed by atoms with E-state index < -0.39 is 8.07 Å². The molecule has 52 heavy (non-hydrogen) atoms. The first-order valence-electron chi connectivity index (χ1n) is 17.8. The largest absolute Gasteiger partial charge is 0.348 e. The Bertz CT molecular complexity index is 2570. The average Bonchev–Trinajstić information content (AvgIpc) is 3.67. The molecule has 9 rings (SSSR count). The second-order valence-electron chi connectivity index (χ2n) is 14.8. The molecule has 0 N–H and O–H groups in total. The number of pyridine rings is 2. The van der Waals surface area contributed by atoms with E-state index >= 15 is 0 Å². The molecule has 0 atom stereocenters. The summed E-state index contributed by atoms with van der Waals surface area (Å²) >= 11 is 0. The third kappa shape index (κ3) is 6.61. The van der Waals surface area contributed by atoms with Gasteiger partial charge in [-0.05, 0) is 46.4 Å². The van der Waals surface area contributed by atoms with Gasteiger partial charge in [-0.3, -0.25) is 4.98 Å². The monoisotopic (exact) mass is 868 g/mol. The van der Waals surface area contributed by atoms with Crippen molar-refractivity contribution < 1.29 is 20.1 Å². The Morgan fingerprint density at radius 3 is 2.13 bits per heavy atom. The van der Waals surface area contributed by atoms with Gasteiger partial charge in [-0.15, -0.1) is 48.0 Å². The average molecular weight is 868 g/mol. The number of aromatic nitrogens is 3. The molecule has 0 unspecified atom stereocenters. The van der Waals surface area contributed by atoms with Crippen LogP contribution < -0.4 is 5.19 Å². The van der Waals surface area contributed by atoms with E-state index in [2.05, 4.69) is 146 Å². The summed E-state index contributed by atoms with van der Waals surface area (Å²) in [5.41, 5.74) is 11.7. The van der Waals surface area contributed by atoms with E-state index in [0.717, 1.165) is 28.9 Å². The summed E-state index contributed by atoms with van der Waals surface area (Å²) in [6.07, 6.45) is 5.03. The number of fused-ring (bicyclic) bond motifs is 6. The minimum atomic E-state index is -1.52. The molecule has 9 aromatic rings. The molecule has 0 bridgehead atoms. The van der Waals surface area contributed by atoms with E-state index in [1.54, 1.807) is 6.20 Å². The van der Waals surface area contributed by atoms with Crippen LogP contribution in [0.5, 0.6) is 0 Å². The zero-order chi connectivity index (χ0) is 35.1. The molecule has 5 heteroatoms. The van der Waals surface area contributed by atoms with Crippen LogP contribution in [-0.4, -0.2) is 22.4 Å². The van der Waals surface area contributed by atoms with Crippen molar-refractivity contribution in [3.05, 3.63) is 157 Å². The Labute approximate surface area is 321 Å². The van der Waals surface area contributed by atoms with Crippen LogP contribution in [-0.2, 0) is 26.5 Å². The van der Waals surface area contributed by atoms with Crippen LogP contribution in [0.1, 0.15) is 19.4 Å². The first kappa shape index (κ1) is 35.5. The maximum absolute atomic E-state index is 5.08. The molecule has 0 aliphatic heterocycles. The van der Waals surface area contributed by atoms with Gasteiger partial charge in [0, 0.05) is 60.0 Å². The molecule has 0 spiro atoms. The zero-order valence-electron chi connectivity index (χ0n) is 30.2. The second kappa shape index (κ2) is 14.6. The van der Waals surface area contributed by atoms with Crippen LogP contribution in [0, 0.1) is 18.1 Å². The molecular formula is C47H41IrN3Si-2. The fourth-order valence-corrected chi connectivity index (χ4v) is 9.03. The number of hydrogen-bond acceptors (Lipinski definition) is 2. The third-order valence-electron chi connectivity index (χ3n) is 9.66. The fraction of sp³-hybridized carbons (Fsp3) is 0.149. The predicted octanol–water partition coefficient (Wildman–Crippen LogP) is 11.7. The number of benzene rings is 5. The minimum Gasteiger partial charge on any atom is -0.348 e. The Morgan fingerprint density at radius 2 is 1.40 bits per heavy atom. The molecule has 0 saturated carbocycles. The minimum absolute atomic E-state index is 0. The summed E-state index contributed by atoms with van der Waals surface area (Å²) in [7, 11) is -1.52.